The first-order valence-electron chi connectivity index (χ1n) is 6.17. The Kier molecular flexibility index (Phi) is 3.95. The number of methoxy groups -OCH3 is 1. The molecule has 0 aliphatic rings. The number of benzene rings is 1. The first-order chi connectivity index (χ1) is 9.85. The maximum atomic E-state index is 5.14. The zero-order valence-corrected chi connectivity index (χ0v) is 12.6. The molecule has 20 heavy (non-hydrogen) atoms. The molecule has 0 radical (unpaired) electrons. The maximum absolute atomic E-state index is 5.14. The molecule has 0 N–H and O–H groups in total. The van der Waals surface area contributed by atoms with E-state index in [4.69, 9.17) is 4.74 Å². The lowest BCUT2D eigenvalue weighted by Gasteiger charge is -1.98. The Morgan fingerprint density at radius 2 is 1.90 bits per heavy atom. The summed E-state index contributed by atoms with van der Waals surface area (Å²) in [5.74, 6) is 0.872. The number of rotatable bonds is 4. The van der Waals surface area contributed by atoms with Crippen LogP contribution in [0.15, 0.2) is 47.2 Å². The highest BCUT2D eigenvalue weighted by atomic mass is 32.1. The van der Waals surface area contributed by atoms with Gasteiger partial charge in [-0.15, -0.1) is 22.7 Å². The van der Waals surface area contributed by atoms with E-state index in [2.05, 4.69) is 27.9 Å². The van der Waals surface area contributed by atoms with Gasteiger partial charge in [0, 0.05) is 5.38 Å². The normalized spacial score (nSPS) is 11.1. The minimum atomic E-state index is 0.872. The quantitative estimate of drug-likeness (QED) is 0.672. The molecule has 0 bridgehead atoms. The van der Waals surface area contributed by atoms with E-state index < -0.39 is 0 Å². The predicted octanol–water partition coefficient (Wildman–Crippen LogP) is 5.05. The second kappa shape index (κ2) is 6.03. The molecule has 0 spiro atoms. The minimum Gasteiger partial charge on any atom is -0.497 e. The van der Waals surface area contributed by atoms with E-state index >= 15 is 0 Å². The molecule has 0 unspecified atom stereocenters. The minimum absolute atomic E-state index is 0.872. The van der Waals surface area contributed by atoms with Gasteiger partial charge in [-0.3, -0.25) is 0 Å². The van der Waals surface area contributed by atoms with Crippen molar-refractivity contribution in [3.8, 4) is 16.3 Å². The molecule has 3 rings (SSSR count). The molecule has 2 heterocycles. The summed E-state index contributed by atoms with van der Waals surface area (Å²) in [5, 5.41) is 5.19. The van der Waals surface area contributed by atoms with E-state index in [1.165, 1.54) is 4.88 Å². The summed E-state index contributed by atoms with van der Waals surface area (Å²) < 4.78 is 5.14. The highest BCUT2D eigenvalue weighted by Gasteiger charge is 2.02. The van der Waals surface area contributed by atoms with Crippen LogP contribution >= 0.6 is 22.7 Å². The van der Waals surface area contributed by atoms with E-state index in [0.29, 0.717) is 0 Å². The summed E-state index contributed by atoms with van der Waals surface area (Å²) in [6, 6.07) is 12.1. The Hall–Kier alpha value is -1.91. The van der Waals surface area contributed by atoms with Crippen LogP contribution in [0.25, 0.3) is 22.7 Å². The lowest BCUT2D eigenvalue weighted by molar-refractivity contribution is 0.415. The Bertz CT molecular complexity index is 696. The van der Waals surface area contributed by atoms with E-state index in [1.807, 2.05) is 36.4 Å². The van der Waals surface area contributed by atoms with Crippen molar-refractivity contribution in [3.63, 3.8) is 0 Å². The van der Waals surface area contributed by atoms with Crippen molar-refractivity contribution < 1.29 is 4.74 Å². The van der Waals surface area contributed by atoms with Crippen LogP contribution in [0.1, 0.15) is 10.6 Å². The van der Waals surface area contributed by atoms with Crippen LogP contribution in [0.5, 0.6) is 5.75 Å². The number of hydrogen-bond donors (Lipinski definition) is 0. The SMILES string of the molecule is COc1ccc(C=Cc2nc(-c3cccs3)cs2)cc1. The van der Waals surface area contributed by atoms with E-state index in [9.17, 15) is 0 Å². The molecule has 1 aromatic carbocycles. The van der Waals surface area contributed by atoms with Crippen LogP contribution in [-0.2, 0) is 0 Å². The van der Waals surface area contributed by atoms with Gasteiger partial charge < -0.3 is 4.74 Å². The van der Waals surface area contributed by atoms with Crippen molar-refractivity contribution in [3.05, 3.63) is 57.7 Å². The van der Waals surface area contributed by atoms with Crippen LogP contribution in [-0.4, -0.2) is 12.1 Å². The Morgan fingerprint density at radius 3 is 2.60 bits per heavy atom. The van der Waals surface area contributed by atoms with Crippen LogP contribution < -0.4 is 4.74 Å². The summed E-state index contributed by atoms with van der Waals surface area (Å²) in [6.45, 7) is 0. The lowest BCUT2D eigenvalue weighted by Crippen LogP contribution is -1.81. The molecule has 2 nitrogen and oxygen atoms in total. The van der Waals surface area contributed by atoms with Gasteiger partial charge in [0.25, 0.3) is 0 Å². The van der Waals surface area contributed by atoms with Crippen molar-refractivity contribution in [2.75, 3.05) is 7.11 Å². The van der Waals surface area contributed by atoms with E-state index in [-0.39, 0.29) is 0 Å². The van der Waals surface area contributed by atoms with Crippen molar-refractivity contribution in [2.45, 2.75) is 0 Å². The van der Waals surface area contributed by atoms with Gasteiger partial charge in [0.05, 0.1) is 17.7 Å². The molecule has 4 heteroatoms. The lowest BCUT2D eigenvalue weighted by atomic mass is 10.2. The van der Waals surface area contributed by atoms with E-state index in [0.717, 1.165) is 22.0 Å². The predicted molar refractivity (Wildman–Crippen MR) is 87.3 cm³/mol. The molecule has 0 amide bonds. The molecule has 100 valence electrons. The fourth-order valence-electron chi connectivity index (χ4n) is 1.78. The highest BCUT2D eigenvalue weighted by Crippen LogP contribution is 2.26. The van der Waals surface area contributed by atoms with Gasteiger partial charge in [-0.25, -0.2) is 4.98 Å². The summed E-state index contributed by atoms with van der Waals surface area (Å²) in [6.07, 6.45) is 4.11. The molecule has 0 fully saturated rings. The first-order valence-corrected chi connectivity index (χ1v) is 7.92. The van der Waals surface area contributed by atoms with Gasteiger partial charge in [-0.05, 0) is 35.2 Å². The van der Waals surface area contributed by atoms with Crippen LogP contribution in [0.4, 0.5) is 0 Å². The molecule has 0 saturated carbocycles. The van der Waals surface area contributed by atoms with Gasteiger partial charge in [-0.1, -0.05) is 24.3 Å². The van der Waals surface area contributed by atoms with Crippen LogP contribution in [0.3, 0.4) is 0 Å². The second-order valence-corrected chi connectivity index (χ2v) is 5.99. The zero-order chi connectivity index (χ0) is 13.8. The van der Waals surface area contributed by atoms with Gasteiger partial charge in [0.1, 0.15) is 10.8 Å². The topological polar surface area (TPSA) is 22.1 Å². The first kappa shape index (κ1) is 13.1. The Balaban J connectivity index is 1.75. The molecule has 0 atom stereocenters. The number of nitrogens with zero attached hydrogens (tertiary/aromatic N) is 1. The van der Waals surface area contributed by atoms with Gasteiger partial charge in [0.15, 0.2) is 0 Å². The smallest absolute Gasteiger partial charge is 0.118 e. The number of thiazole rings is 1. The standard InChI is InChI=1S/C16H13NOS2/c1-18-13-7-4-12(5-8-13)6-9-16-17-14(11-20-16)15-3-2-10-19-15/h2-11H,1H3. The van der Waals surface area contributed by atoms with Gasteiger partial charge in [-0.2, -0.15) is 0 Å². The Morgan fingerprint density at radius 1 is 1.05 bits per heavy atom. The largest absolute Gasteiger partial charge is 0.497 e. The average Bonchev–Trinajstić information content (AvgIpc) is 3.16. The summed E-state index contributed by atoms with van der Waals surface area (Å²) >= 11 is 3.37. The third-order valence-electron chi connectivity index (χ3n) is 2.83. The molecule has 2 aromatic heterocycles. The number of aromatic nitrogens is 1. The molecular weight excluding hydrogens is 286 g/mol. The van der Waals surface area contributed by atoms with Crippen LogP contribution in [0.2, 0.25) is 0 Å². The van der Waals surface area contributed by atoms with Gasteiger partial charge in [0.2, 0.25) is 0 Å². The monoisotopic (exact) mass is 299 g/mol. The molecule has 0 aliphatic heterocycles. The Labute approximate surface area is 126 Å². The second-order valence-electron chi connectivity index (χ2n) is 4.15. The molecule has 0 aliphatic carbocycles. The molecule has 0 saturated heterocycles. The van der Waals surface area contributed by atoms with Crippen molar-refractivity contribution in [1.82, 2.24) is 4.98 Å². The summed E-state index contributed by atoms with van der Waals surface area (Å²) in [7, 11) is 1.67. The van der Waals surface area contributed by atoms with Crippen molar-refractivity contribution in [1.29, 1.82) is 0 Å². The van der Waals surface area contributed by atoms with Gasteiger partial charge >= 0.3 is 0 Å². The van der Waals surface area contributed by atoms with Crippen LogP contribution in [0, 0.1) is 0 Å². The van der Waals surface area contributed by atoms with E-state index in [1.54, 1.807) is 29.8 Å². The summed E-state index contributed by atoms with van der Waals surface area (Å²) in [5.41, 5.74) is 2.19. The highest BCUT2D eigenvalue weighted by molar-refractivity contribution is 7.14. The fraction of sp³-hybridized carbons (Fsp3) is 0.0625. The summed E-state index contributed by atoms with van der Waals surface area (Å²) in [4.78, 5) is 5.83. The number of ether oxygens (including phenoxy) is 1. The number of thiophene rings is 1. The number of hydrogen-bond acceptors (Lipinski definition) is 4. The third-order valence-corrected chi connectivity index (χ3v) is 4.53. The molecule has 3 aromatic rings. The van der Waals surface area contributed by atoms with Crippen molar-refractivity contribution >= 4 is 34.8 Å². The maximum Gasteiger partial charge on any atom is 0.118 e. The zero-order valence-electron chi connectivity index (χ0n) is 10.9. The fourth-order valence-corrected chi connectivity index (χ4v) is 3.25. The third kappa shape index (κ3) is 2.98. The van der Waals surface area contributed by atoms with Crippen molar-refractivity contribution in [2.24, 2.45) is 0 Å². The molecular formula is C16H13NOS2. The average molecular weight is 299 g/mol.